The molecule has 0 bridgehead atoms. The molecule has 1 aliphatic carbocycles. The van der Waals surface area contributed by atoms with Gasteiger partial charge in [-0.15, -0.1) is 0 Å². The van der Waals surface area contributed by atoms with Crippen LogP contribution in [-0.4, -0.2) is 96.8 Å². The molecule has 9 atom stereocenters. The molecular weight excluding hydrogens is 629 g/mol. The summed E-state index contributed by atoms with van der Waals surface area (Å²) in [7, 11) is -5.03. The zero-order valence-electron chi connectivity index (χ0n) is 29.1. The van der Waals surface area contributed by atoms with E-state index in [0.29, 0.717) is 19.3 Å². The summed E-state index contributed by atoms with van der Waals surface area (Å²) in [5.74, 6) is -0.316. The Morgan fingerprint density at radius 3 is 1.47 bits per heavy atom. The lowest BCUT2D eigenvalue weighted by Gasteiger charge is -2.41. The normalized spacial score (nSPS) is 25.7. The van der Waals surface area contributed by atoms with Gasteiger partial charge in [0.25, 0.3) is 0 Å². The largest absolute Gasteiger partial charge is 0.472 e. The van der Waals surface area contributed by atoms with Gasteiger partial charge < -0.3 is 40.8 Å². The molecule has 13 heteroatoms. The molecule has 0 aromatic rings. The third-order valence-electron chi connectivity index (χ3n) is 9.17. The van der Waals surface area contributed by atoms with Gasteiger partial charge in [-0.1, -0.05) is 136 Å². The van der Waals surface area contributed by atoms with Gasteiger partial charge in [0.15, 0.2) is 0 Å². The molecule has 12 nitrogen and oxygen atoms in total. The van der Waals surface area contributed by atoms with Gasteiger partial charge in [-0.05, 0) is 12.8 Å². The highest BCUT2D eigenvalue weighted by Crippen LogP contribution is 2.47. The van der Waals surface area contributed by atoms with E-state index in [-0.39, 0.29) is 12.3 Å². The van der Waals surface area contributed by atoms with E-state index in [1.54, 1.807) is 0 Å². The molecule has 1 rings (SSSR count). The fraction of sp³-hybridized carbons (Fsp3) is 0.971. The Morgan fingerprint density at radius 1 is 0.638 bits per heavy atom. The van der Waals surface area contributed by atoms with Gasteiger partial charge in [0.1, 0.15) is 36.6 Å². The van der Waals surface area contributed by atoms with Crippen molar-refractivity contribution in [3.63, 3.8) is 0 Å². The Labute approximate surface area is 283 Å². The molecule has 6 unspecified atom stereocenters. The first-order valence-electron chi connectivity index (χ1n) is 18.5. The third kappa shape index (κ3) is 19.4. The smallest absolute Gasteiger partial charge is 0.391 e. The number of phosphoric acid groups is 1. The van der Waals surface area contributed by atoms with Crippen LogP contribution in [-0.2, 0) is 18.4 Å². The molecule has 0 aromatic carbocycles. The number of aliphatic hydroxyl groups is 6. The van der Waals surface area contributed by atoms with Crippen LogP contribution in [0.1, 0.15) is 155 Å². The minimum atomic E-state index is -5.03. The van der Waals surface area contributed by atoms with Gasteiger partial charge in [0.2, 0.25) is 5.91 Å². The molecule has 0 saturated heterocycles. The van der Waals surface area contributed by atoms with Crippen LogP contribution in [0.5, 0.6) is 0 Å². The zero-order chi connectivity index (χ0) is 35.1. The van der Waals surface area contributed by atoms with Crippen molar-refractivity contribution in [2.45, 2.75) is 204 Å². The summed E-state index contributed by atoms with van der Waals surface area (Å²) in [6, 6.07) is -1.02. The predicted octanol–water partition coefficient (Wildman–Crippen LogP) is 4.77. The minimum Gasteiger partial charge on any atom is -0.391 e. The van der Waals surface area contributed by atoms with E-state index >= 15 is 0 Å². The Hall–Kier alpha value is -0.660. The van der Waals surface area contributed by atoms with Crippen LogP contribution in [0.2, 0.25) is 0 Å². The van der Waals surface area contributed by atoms with Crippen LogP contribution < -0.4 is 5.32 Å². The van der Waals surface area contributed by atoms with E-state index in [9.17, 15) is 44.9 Å². The van der Waals surface area contributed by atoms with E-state index < -0.39 is 63.2 Å². The fourth-order valence-electron chi connectivity index (χ4n) is 6.02. The number of amides is 1. The minimum absolute atomic E-state index is 0.238. The van der Waals surface area contributed by atoms with Crippen molar-refractivity contribution in [1.29, 1.82) is 0 Å². The number of nitrogens with one attached hydrogen (secondary N) is 1. The van der Waals surface area contributed by atoms with Crippen LogP contribution in [0, 0.1) is 0 Å². The lowest BCUT2D eigenvalue weighted by Crippen LogP contribution is -2.64. The van der Waals surface area contributed by atoms with E-state index in [1.165, 1.54) is 70.6 Å². The first kappa shape index (κ1) is 44.4. The number of hydrogen-bond donors (Lipinski definition) is 8. The van der Waals surface area contributed by atoms with Crippen molar-refractivity contribution < 1.29 is 53.9 Å². The molecule has 0 radical (unpaired) electrons. The van der Waals surface area contributed by atoms with Crippen LogP contribution in [0.3, 0.4) is 0 Å². The number of carbonyl (C=O) groups is 1. The quantitative estimate of drug-likeness (QED) is 0.0395. The number of hydrogen-bond acceptors (Lipinski definition) is 10. The van der Waals surface area contributed by atoms with Crippen LogP contribution in [0.4, 0.5) is 0 Å². The number of unbranched alkanes of at least 4 members (excludes halogenated alkanes) is 18. The van der Waals surface area contributed by atoms with E-state index in [0.717, 1.165) is 44.9 Å². The molecule has 0 spiro atoms. The summed E-state index contributed by atoms with van der Waals surface area (Å²) in [6.45, 7) is 3.79. The second kappa shape index (κ2) is 26.2. The van der Waals surface area contributed by atoms with Gasteiger partial charge in [-0.3, -0.25) is 13.8 Å². The second-order valence-electron chi connectivity index (χ2n) is 13.4. The molecular formula is C34H68NO11P. The third-order valence-corrected chi connectivity index (χ3v) is 10.2. The highest BCUT2D eigenvalue weighted by atomic mass is 31.2. The van der Waals surface area contributed by atoms with E-state index in [2.05, 4.69) is 19.2 Å². The topological polar surface area (TPSA) is 206 Å². The molecule has 1 fully saturated rings. The number of rotatable bonds is 29. The Kier molecular flexibility index (Phi) is 24.7. The summed E-state index contributed by atoms with van der Waals surface area (Å²) < 4.78 is 22.7. The molecule has 8 N–H and O–H groups in total. The molecule has 0 aliphatic heterocycles. The maximum absolute atomic E-state index is 12.8. The number of carbonyl (C=O) groups excluding carboxylic acids is 1. The van der Waals surface area contributed by atoms with Crippen LogP contribution in [0.25, 0.3) is 0 Å². The molecule has 1 aliphatic rings. The SMILES string of the molecule is CCCCCCCCCCCCCCC[C@@H](O)[C@H](COP(=O)(O)OC1C(O)C(O)C(O)[C@@H](O)C1O)NC(=O)CCCCCCCCC. The lowest BCUT2D eigenvalue weighted by molar-refractivity contribution is -0.220. The fourth-order valence-corrected chi connectivity index (χ4v) is 6.99. The van der Waals surface area contributed by atoms with Crippen molar-refractivity contribution in [3.8, 4) is 0 Å². The maximum Gasteiger partial charge on any atom is 0.472 e. The standard InChI is InChI=1S/C34H68NO11P/c1-3-5-7-9-11-12-13-14-15-16-18-19-21-23-27(36)26(35-28(37)24-22-20-17-10-8-6-4-2)25-45-47(43,44)46-34-32(41)30(39)29(38)31(40)33(34)42/h26-27,29-34,36,38-42H,3-25H2,1-2H3,(H,35,37)(H,43,44)/t26-,27+,29?,30+,31?,32?,33?,34?/m0/s1. The van der Waals surface area contributed by atoms with Crippen molar-refractivity contribution in [1.82, 2.24) is 5.32 Å². The molecule has 0 aromatic heterocycles. The van der Waals surface area contributed by atoms with Crippen molar-refractivity contribution in [3.05, 3.63) is 0 Å². The van der Waals surface area contributed by atoms with Gasteiger partial charge in [0, 0.05) is 6.42 Å². The Bertz CT molecular complexity index is 822. The molecule has 47 heavy (non-hydrogen) atoms. The van der Waals surface area contributed by atoms with E-state index in [1.807, 2.05) is 0 Å². The Balaban J connectivity index is 2.57. The summed E-state index contributed by atoms with van der Waals surface area (Å²) >= 11 is 0. The van der Waals surface area contributed by atoms with Crippen molar-refractivity contribution >= 4 is 13.7 Å². The summed E-state index contributed by atoms with van der Waals surface area (Å²) in [4.78, 5) is 23.1. The van der Waals surface area contributed by atoms with Crippen LogP contribution in [0.15, 0.2) is 0 Å². The summed E-state index contributed by atoms with van der Waals surface area (Å²) in [6.07, 6.45) is 10.4. The van der Waals surface area contributed by atoms with E-state index in [4.69, 9.17) is 9.05 Å². The number of aliphatic hydroxyl groups excluding tert-OH is 6. The lowest BCUT2D eigenvalue weighted by atomic mass is 9.85. The first-order chi connectivity index (χ1) is 22.4. The highest BCUT2D eigenvalue weighted by Gasteiger charge is 2.51. The molecule has 0 heterocycles. The van der Waals surface area contributed by atoms with Gasteiger partial charge in [-0.25, -0.2) is 4.57 Å². The van der Waals surface area contributed by atoms with Crippen molar-refractivity contribution in [2.24, 2.45) is 0 Å². The maximum atomic E-state index is 12.8. The predicted molar refractivity (Wildman–Crippen MR) is 182 cm³/mol. The monoisotopic (exact) mass is 697 g/mol. The van der Waals surface area contributed by atoms with Crippen LogP contribution >= 0.6 is 7.82 Å². The number of phosphoric ester groups is 1. The average Bonchev–Trinajstić information content (AvgIpc) is 3.04. The first-order valence-corrected chi connectivity index (χ1v) is 20.0. The zero-order valence-corrected chi connectivity index (χ0v) is 30.0. The summed E-state index contributed by atoms with van der Waals surface area (Å²) in [5, 5.41) is 63.6. The molecule has 1 saturated carbocycles. The van der Waals surface area contributed by atoms with Crippen molar-refractivity contribution in [2.75, 3.05) is 6.61 Å². The Morgan fingerprint density at radius 2 is 1.02 bits per heavy atom. The van der Waals surface area contributed by atoms with Gasteiger partial charge >= 0.3 is 7.82 Å². The van der Waals surface area contributed by atoms with Gasteiger partial charge in [-0.2, -0.15) is 0 Å². The molecule has 280 valence electrons. The summed E-state index contributed by atoms with van der Waals surface area (Å²) in [5.41, 5.74) is 0. The second-order valence-corrected chi connectivity index (χ2v) is 14.8. The van der Waals surface area contributed by atoms with Gasteiger partial charge in [0.05, 0.1) is 18.8 Å². The average molecular weight is 698 g/mol. The highest BCUT2D eigenvalue weighted by molar-refractivity contribution is 7.47. The molecule has 1 amide bonds.